The van der Waals surface area contributed by atoms with Crippen LogP contribution in [-0.4, -0.2) is 29.3 Å². The number of benzene rings is 2. The number of nitrogens with one attached hydrogen (secondary N) is 1. The highest BCUT2D eigenvalue weighted by atomic mass is 16.6. The van der Waals surface area contributed by atoms with Gasteiger partial charge >= 0.3 is 5.97 Å². The predicted octanol–water partition coefficient (Wildman–Crippen LogP) is 4.01. The molecule has 0 spiro atoms. The van der Waals surface area contributed by atoms with Gasteiger partial charge in [-0.2, -0.15) is 5.10 Å². The molecule has 0 unspecified atom stereocenters. The number of carbonyl (C=O) groups is 1. The van der Waals surface area contributed by atoms with Crippen LogP contribution < -0.4 is 10.2 Å². The van der Waals surface area contributed by atoms with Gasteiger partial charge in [0.1, 0.15) is 17.3 Å². The molecule has 2 aromatic carbocycles. The molecule has 9 nitrogen and oxygen atoms in total. The van der Waals surface area contributed by atoms with Crippen LogP contribution >= 0.6 is 0 Å². The summed E-state index contributed by atoms with van der Waals surface area (Å²) >= 11 is 0. The molecular formula is C19H15N3O6. The molecule has 9 heteroatoms. The van der Waals surface area contributed by atoms with E-state index in [0.717, 1.165) is 0 Å². The van der Waals surface area contributed by atoms with Crippen LogP contribution in [0.2, 0.25) is 0 Å². The fraction of sp³-hybridized carbons (Fsp3) is 0.0526. The molecule has 0 amide bonds. The largest absolute Gasteiger partial charge is 0.496 e. The van der Waals surface area contributed by atoms with Gasteiger partial charge in [-0.05, 0) is 42.5 Å². The highest BCUT2D eigenvalue weighted by Crippen LogP contribution is 2.34. The third-order valence-corrected chi connectivity index (χ3v) is 3.80. The van der Waals surface area contributed by atoms with Gasteiger partial charge in [-0.15, -0.1) is 0 Å². The standard InChI is InChI=1S/C19H15N3O6/c1-27-17-8-6-14(22(25)26)10-16(17)18-9-7-15(28-18)11-20-21-13-4-2-12(3-5-13)19(23)24/h2-11,21H,1H3,(H,23,24). The summed E-state index contributed by atoms with van der Waals surface area (Å²) in [7, 11) is 1.47. The molecule has 0 saturated heterocycles. The van der Waals surface area contributed by atoms with Crippen LogP contribution in [0.5, 0.6) is 5.75 Å². The van der Waals surface area contributed by atoms with Gasteiger partial charge in [-0.3, -0.25) is 15.5 Å². The fourth-order valence-corrected chi connectivity index (χ4v) is 2.43. The molecule has 0 aliphatic carbocycles. The van der Waals surface area contributed by atoms with Gasteiger partial charge in [-0.1, -0.05) is 0 Å². The third kappa shape index (κ3) is 4.15. The van der Waals surface area contributed by atoms with Crippen molar-refractivity contribution < 1.29 is 24.0 Å². The van der Waals surface area contributed by atoms with Crippen LogP contribution in [0.25, 0.3) is 11.3 Å². The number of aromatic carboxylic acids is 1. The maximum atomic E-state index is 11.0. The van der Waals surface area contributed by atoms with Gasteiger partial charge in [-0.25, -0.2) is 4.79 Å². The van der Waals surface area contributed by atoms with Gasteiger partial charge < -0.3 is 14.3 Å². The molecule has 3 aromatic rings. The summed E-state index contributed by atoms with van der Waals surface area (Å²) in [4.78, 5) is 21.3. The Morgan fingerprint density at radius 1 is 1.21 bits per heavy atom. The molecule has 0 aliphatic heterocycles. The van der Waals surface area contributed by atoms with E-state index in [9.17, 15) is 14.9 Å². The Morgan fingerprint density at radius 2 is 1.96 bits per heavy atom. The number of rotatable bonds is 7. The number of nitro benzene ring substituents is 1. The van der Waals surface area contributed by atoms with E-state index < -0.39 is 10.9 Å². The van der Waals surface area contributed by atoms with Gasteiger partial charge in [0.2, 0.25) is 0 Å². The van der Waals surface area contributed by atoms with Crippen molar-refractivity contribution in [1.29, 1.82) is 0 Å². The molecule has 0 fully saturated rings. The Bertz CT molecular complexity index is 1040. The molecule has 142 valence electrons. The molecule has 1 heterocycles. The van der Waals surface area contributed by atoms with E-state index in [1.165, 1.54) is 43.7 Å². The van der Waals surface area contributed by atoms with Crippen molar-refractivity contribution in [3.63, 3.8) is 0 Å². The predicted molar refractivity (Wildman–Crippen MR) is 102 cm³/mol. The monoisotopic (exact) mass is 381 g/mol. The molecule has 1 aromatic heterocycles. The maximum absolute atomic E-state index is 11.0. The first-order valence-electron chi connectivity index (χ1n) is 8.03. The minimum Gasteiger partial charge on any atom is -0.496 e. The highest BCUT2D eigenvalue weighted by molar-refractivity contribution is 5.88. The zero-order valence-corrected chi connectivity index (χ0v) is 14.7. The first kappa shape index (κ1) is 18.6. The zero-order valence-electron chi connectivity index (χ0n) is 14.7. The van der Waals surface area contributed by atoms with Crippen molar-refractivity contribution >= 4 is 23.6 Å². The minimum atomic E-state index is -1.00. The Balaban J connectivity index is 1.75. The van der Waals surface area contributed by atoms with Gasteiger partial charge in [0.15, 0.2) is 0 Å². The lowest BCUT2D eigenvalue weighted by molar-refractivity contribution is -0.384. The smallest absolute Gasteiger partial charge is 0.335 e. The van der Waals surface area contributed by atoms with Crippen LogP contribution in [0, 0.1) is 10.1 Å². The van der Waals surface area contributed by atoms with Gasteiger partial charge in [0.25, 0.3) is 5.69 Å². The SMILES string of the molecule is COc1ccc([N+](=O)[O-])cc1-c1ccc(C=NNc2ccc(C(=O)O)cc2)o1. The number of nitrogens with zero attached hydrogens (tertiary/aromatic N) is 2. The second-order valence-corrected chi connectivity index (χ2v) is 5.60. The van der Waals surface area contributed by atoms with Crippen molar-refractivity contribution in [2.75, 3.05) is 12.5 Å². The summed E-state index contributed by atoms with van der Waals surface area (Å²) in [6, 6.07) is 13.6. The molecule has 3 rings (SSSR count). The van der Waals surface area contributed by atoms with E-state index in [1.807, 2.05) is 0 Å². The Kier molecular flexibility index (Phi) is 5.35. The number of non-ortho nitro benzene ring substituents is 1. The van der Waals surface area contributed by atoms with E-state index in [1.54, 1.807) is 24.3 Å². The first-order valence-corrected chi connectivity index (χ1v) is 8.03. The van der Waals surface area contributed by atoms with Crippen molar-refractivity contribution in [2.24, 2.45) is 5.10 Å². The van der Waals surface area contributed by atoms with Crippen LogP contribution in [0.4, 0.5) is 11.4 Å². The van der Waals surface area contributed by atoms with E-state index in [0.29, 0.717) is 28.5 Å². The lowest BCUT2D eigenvalue weighted by Gasteiger charge is -2.05. The summed E-state index contributed by atoms with van der Waals surface area (Å²) in [5.41, 5.74) is 3.92. The summed E-state index contributed by atoms with van der Waals surface area (Å²) in [5, 5.41) is 23.9. The van der Waals surface area contributed by atoms with Gasteiger partial charge in [0.05, 0.1) is 35.1 Å². The molecule has 0 atom stereocenters. The average Bonchev–Trinajstić information content (AvgIpc) is 3.16. The Labute approximate surface area is 159 Å². The number of hydrogen-bond acceptors (Lipinski definition) is 7. The molecule has 0 bridgehead atoms. The molecule has 28 heavy (non-hydrogen) atoms. The number of carboxylic acid groups (broad SMARTS) is 1. The summed E-state index contributed by atoms with van der Waals surface area (Å²) in [6.45, 7) is 0. The lowest BCUT2D eigenvalue weighted by atomic mass is 10.1. The molecular weight excluding hydrogens is 366 g/mol. The van der Waals surface area contributed by atoms with Gasteiger partial charge in [0, 0.05) is 12.1 Å². The molecule has 0 radical (unpaired) electrons. The molecule has 0 saturated carbocycles. The number of carboxylic acids is 1. The number of hydrogen-bond donors (Lipinski definition) is 2. The second kappa shape index (κ2) is 8.04. The zero-order chi connectivity index (χ0) is 20.1. The lowest BCUT2D eigenvalue weighted by Crippen LogP contribution is -1.96. The van der Waals surface area contributed by atoms with Crippen LogP contribution in [0.3, 0.4) is 0 Å². The quantitative estimate of drug-likeness (QED) is 0.359. The third-order valence-electron chi connectivity index (χ3n) is 3.80. The normalized spacial score (nSPS) is 10.8. The van der Waals surface area contributed by atoms with E-state index in [2.05, 4.69) is 10.5 Å². The summed E-state index contributed by atoms with van der Waals surface area (Å²) in [6.07, 6.45) is 1.43. The fourth-order valence-electron chi connectivity index (χ4n) is 2.43. The number of furan rings is 1. The first-order chi connectivity index (χ1) is 13.5. The number of anilines is 1. The number of methoxy groups -OCH3 is 1. The Hall–Kier alpha value is -4.14. The topological polar surface area (TPSA) is 127 Å². The van der Waals surface area contributed by atoms with Crippen LogP contribution in [0.15, 0.2) is 64.1 Å². The maximum Gasteiger partial charge on any atom is 0.335 e. The summed E-state index contributed by atoms with van der Waals surface area (Å²) in [5.74, 6) is 0.251. The number of nitro groups is 1. The Morgan fingerprint density at radius 3 is 2.61 bits per heavy atom. The van der Waals surface area contributed by atoms with Crippen molar-refractivity contribution in [2.45, 2.75) is 0 Å². The highest BCUT2D eigenvalue weighted by Gasteiger charge is 2.15. The average molecular weight is 381 g/mol. The molecule has 2 N–H and O–H groups in total. The van der Waals surface area contributed by atoms with Crippen molar-refractivity contribution in [3.05, 3.63) is 76.0 Å². The number of ether oxygens (including phenoxy) is 1. The minimum absolute atomic E-state index is 0.0751. The summed E-state index contributed by atoms with van der Waals surface area (Å²) < 4.78 is 10.9. The van der Waals surface area contributed by atoms with E-state index in [-0.39, 0.29) is 11.3 Å². The van der Waals surface area contributed by atoms with E-state index in [4.69, 9.17) is 14.3 Å². The second-order valence-electron chi connectivity index (χ2n) is 5.60. The van der Waals surface area contributed by atoms with Crippen molar-refractivity contribution in [3.8, 4) is 17.1 Å². The van der Waals surface area contributed by atoms with Crippen LogP contribution in [-0.2, 0) is 0 Å². The number of hydrazone groups is 1. The molecule has 0 aliphatic rings. The van der Waals surface area contributed by atoms with Crippen molar-refractivity contribution in [1.82, 2.24) is 0 Å². The van der Waals surface area contributed by atoms with E-state index >= 15 is 0 Å². The van der Waals surface area contributed by atoms with Crippen LogP contribution in [0.1, 0.15) is 16.1 Å².